The van der Waals surface area contributed by atoms with Gasteiger partial charge < -0.3 is 9.42 Å². The van der Waals surface area contributed by atoms with Crippen molar-refractivity contribution in [1.29, 1.82) is 0 Å². The Morgan fingerprint density at radius 3 is 2.36 bits per heavy atom. The summed E-state index contributed by atoms with van der Waals surface area (Å²) in [6, 6.07) is 5.80. The average molecular weight is 409 g/mol. The van der Waals surface area contributed by atoms with E-state index in [0.717, 1.165) is 0 Å². The quantitative estimate of drug-likeness (QED) is 0.758. The third-order valence-corrected chi connectivity index (χ3v) is 7.23. The zero-order valence-corrected chi connectivity index (χ0v) is 17.0. The summed E-state index contributed by atoms with van der Waals surface area (Å²) in [5.41, 5.74) is 0.976. The van der Waals surface area contributed by atoms with Crippen molar-refractivity contribution in [3.63, 3.8) is 0 Å². The van der Waals surface area contributed by atoms with Gasteiger partial charge in [-0.3, -0.25) is 4.79 Å². The number of anilines is 1. The second-order valence-corrected chi connectivity index (χ2v) is 8.77. The van der Waals surface area contributed by atoms with Crippen LogP contribution in [0.4, 0.5) is 10.1 Å². The van der Waals surface area contributed by atoms with Crippen LogP contribution < -0.4 is 4.90 Å². The van der Waals surface area contributed by atoms with Crippen LogP contribution in [0.2, 0.25) is 0 Å². The highest BCUT2D eigenvalue weighted by molar-refractivity contribution is 7.89. The zero-order chi connectivity index (χ0) is 20.5. The van der Waals surface area contributed by atoms with Crippen molar-refractivity contribution in [2.75, 3.05) is 24.5 Å². The number of carbonyl (C=O) groups is 1. The highest BCUT2D eigenvalue weighted by Crippen LogP contribution is 2.29. The smallest absolute Gasteiger partial charge is 0.248 e. The van der Waals surface area contributed by atoms with E-state index in [1.54, 1.807) is 30.9 Å². The van der Waals surface area contributed by atoms with Gasteiger partial charge in [-0.25, -0.2) is 12.8 Å². The molecule has 0 saturated carbocycles. The third-order valence-electron chi connectivity index (χ3n) is 5.09. The number of hydrogen-bond acceptors (Lipinski definition) is 5. The van der Waals surface area contributed by atoms with Crippen LogP contribution in [0, 0.1) is 25.6 Å². The molecule has 1 amide bonds. The first-order valence-electron chi connectivity index (χ1n) is 9.25. The van der Waals surface area contributed by atoms with E-state index in [1.165, 1.54) is 16.4 Å². The van der Waals surface area contributed by atoms with Crippen LogP contribution in [0.25, 0.3) is 0 Å². The van der Waals surface area contributed by atoms with Crippen molar-refractivity contribution in [3.8, 4) is 0 Å². The van der Waals surface area contributed by atoms with Crippen molar-refractivity contribution in [1.82, 2.24) is 9.46 Å². The third kappa shape index (κ3) is 3.81. The molecule has 0 N–H and O–H groups in total. The first-order chi connectivity index (χ1) is 13.3. The molecule has 7 nitrogen and oxygen atoms in total. The molecule has 152 valence electrons. The number of benzene rings is 1. The number of hydrogen-bond donors (Lipinski definition) is 0. The number of sulfonamides is 1. The molecule has 2 heterocycles. The average Bonchev–Trinajstić information content (AvgIpc) is 3.03. The van der Waals surface area contributed by atoms with Crippen LogP contribution in [-0.2, 0) is 14.8 Å². The Labute approximate surface area is 164 Å². The molecule has 2 aromatic rings. The summed E-state index contributed by atoms with van der Waals surface area (Å²) in [5.74, 6) is -0.432. The van der Waals surface area contributed by atoms with Gasteiger partial charge in [-0.15, -0.1) is 0 Å². The van der Waals surface area contributed by atoms with E-state index in [1.807, 2.05) is 6.92 Å². The van der Waals surface area contributed by atoms with E-state index in [4.69, 9.17) is 4.52 Å². The fourth-order valence-electron chi connectivity index (χ4n) is 3.62. The maximum Gasteiger partial charge on any atom is 0.248 e. The van der Waals surface area contributed by atoms with Crippen LogP contribution >= 0.6 is 0 Å². The van der Waals surface area contributed by atoms with E-state index in [0.29, 0.717) is 30.8 Å². The van der Waals surface area contributed by atoms with Crippen molar-refractivity contribution < 1.29 is 22.1 Å². The molecular weight excluding hydrogens is 385 g/mol. The highest BCUT2D eigenvalue weighted by atomic mass is 32.2. The molecule has 9 heteroatoms. The minimum atomic E-state index is -3.70. The molecule has 1 aliphatic heterocycles. The van der Waals surface area contributed by atoms with E-state index in [2.05, 4.69) is 5.16 Å². The second-order valence-electron chi connectivity index (χ2n) is 6.89. The second kappa shape index (κ2) is 8.00. The predicted octanol–water partition coefficient (Wildman–Crippen LogP) is 2.88. The van der Waals surface area contributed by atoms with Crippen molar-refractivity contribution in [2.24, 2.45) is 5.92 Å². The van der Waals surface area contributed by atoms with Crippen molar-refractivity contribution in [2.45, 2.75) is 38.5 Å². The summed E-state index contributed by atoms with van der Waals surface area (Å²) in [7, 11) is -3.70. The summed E-state index contributed by atoms with van der Waals surface area (Å²) in [6.07, 6.45) is 0.859. The van der Waals surface area contributed by atoms with Gasteiger partial charge in [-0.2, -0.15) is 4.31 Å². The molecule has 0 bridgehead atoms. The maximum absolute atomic E-state index is 13.2. The van der Waals surface area contributed by atoms with Crippen LogP contribution in [-0.4, -0.2) is 43.4 Å². The Bertz CT molecular complexity index is 929. The van der Waals surface area contributed by atoms with Gasteiger partial charge in [0.05, 0.1) is 0 Å². The molecule has 1 aromatic carbocycles. The molecular formula is C19H24FN3O4S. The standard InChI is InChI=1S/C19H24FN3O4S/c1-4-23(17-7-5-16(20)6-8-17)19(24)15-9-11-22(12-10-15)28(25,26)18-13(2)21-27-14(18)3/h5-8,15H,4,9-12H2,1-3H3. The summed E-state index contributed by atoms with van der Waals surface area (Å²) in [6.45, 7) is 6.00. The van der Waals surface area contributed by atoms with Gasteiger partial charge in [0, 0.05) is 31.2 Å². The number of rotatable bonds is 5. The molecule has 0 spiro atoms. The minimum absolute atomic E-state index is 0.0662. The summed E-state index contributed by atoms with van der Waals surface area (Å²) >= 11 is 0. The Morgan fingerprint density at radius 2 is 1.86 bits per heavy atom. The topological polar surface area (TPSA) is 83.7 Å². The van der Waals surface area contributed by atoms with Crippen LogP contribution in [0.3, 0.4) is 0 Å². The number of aromatic nitrogens is 1. The number of carbonyl (C=O) groups excluding carboxylic acids is 1. The molecule has 1 aliphatic rings. The van der Waals surface area contributed by atoms with Gasteiger partial charge in [0.25, 0.3) is 0 Å². The molecule has 0 aliphatic carbocycles. The van der Waals surface area contributed by atoms with Gasteiger partial charge >= 0.3 is 0 Å². The number of amides is 1. The highest BCUT2D eigenvalue weighted by Gasteiger charge is 2.36. The molecule has 1 saturated heterocycles. The zero-order valence-electron chi connectivity index (χ0n) is 16.2. The van der Waals surface area contributed by atoms with Gasteiger partial charge in [0.2, 0.25) is 15.9 Å². The molecule has 0 atom stereocenters. The lowest BCUT2D eigenvalue weighted by Gasteiger charge is -2.33. The Balaban J connectivity index is 1.71. The largest absolute Gasteiger partial charge is 0.360 e. The molecule has 0 unspecified atom stereocenters. The summed E-state index contributed by atoms with van der Waals surface area (Å²) in [4.78, 5) is 14.7. The minimum Gasteiger partial charge on any atom is -0.360 e. The van der Waals surface area contributed by atoms with E-state index in [-0.39, 0.29) is 41.4 Å². The monoisotopic (exact) mass is 409 g/mol. The number of nitrogens with zero attached hydrogens (tertiary/aromatic N) is 3. The molecule has 0 radical (unpaired) electrons. The maximum atomic E-state index is 13.2. The lowest BCUT2D eigenvalue weighted by molar-refractivity contribution is -0.123. The lowest BCUT2D eigenvalue weighted by atomic mass is 9.96. The van der Waals surface area contributed by atoms with Crippen LogP contribution in [0.15, 0.2) is 33.7 Å². The van der Waals surface area contributed by atoms with Gasteiger partial charge in [-0.1, -0.05) is 5.16 Å². The number of aryl methyl sites for hydroxylation is 2. The van der Waals surface area contributed by atoms with E-state index in [9.17, 15) is 17.6 Å². The fraction of sp³-hybridized carbons (Fsp3) is 0.474. The number of piperidine rings is 1. The lowest BCUT2D eigenvalue weighted by Crippen LogP contribution is -2.44. The SMILES string of the molecule is CCN(C(=O)C1CCN(S(=O)(=O)c2c(C)noc2C)CC1)c1ccc(F)cc1. The first-order valence-corrected chi connectivity index (χ1v) is 10.7. The van der Waals surface area contributed by atoms with Gasteiger partial charge in [-0.05, 0) is 57.9 Å². The van der Waals surface area contributed by atoms with Crippen molar-refractivity contribution >= 4 is 21.6 Å². The molecule has 1 fully saturated rings. The Morgan fingerprint density at radius 1 is 1.25 bits per heavy atom. The van der Waals surface area contributed by atoms with E-state index < -0.39 is 10.0 Å². The number of halogens is 1. The molecule has 28 heavy (non-hydrogen) atoms. The van der Waals surface area contributed by atoms with Gasteiger partial charge in [0.1, 0.15) is 16.4 Å². The Hall–Kier alpha value is -2.26. The normalized spacial score (nSPS) is 16.3. The molecule has 1 aromatic heterocycles. The molecule has 3 rings (SSSR count). The van der Waals surface area contributed by atoms with Crippen LogP contribution in [0.5, 0.6) is 0 Å². The van der Waals surface area contributed by atoms with E-state index >= 15 is 0 Å². The fourth-order valence-corrected chi connectivity index (χ4v) is 5.38. The summed E-state index contributed by atoms with van der Waals surface area (Å²) in [5, 5.41) is 3.73. The first kappa shape index (κ1) is 20.5. The Kier molecular flexibility index (Phi) is 5.85. The van der Waals surface area contributed by atoms with Gasteiger partial charge in [0.15, 0.2) is 5.76 Å². The summed E-state index contributed by atoms with van der Waals surface area (Å²) < 4.78 is 45.3. The predicted molar refractivity (Wildman–Crippen MR) is 102 cm³/mol. The van der Waals surface area contributed by atoms with Crippen molar-refractivity contribution in [3.05, 3.63) is 41.5 Å². The van der Waals surface area contributed by atoms with Crippen LogP contribution in [0.1, 0.15) is 31.2 Å².